The first kappa shape index (κ1) is 21.9. The first-order valence-electron chi connectivity index (χ1n) is 14.0. The predicted molar refractivity (Wildman–Crippen MR) is 166 cm³/mol. The molecule has 0 N–H and O–H groups in total. The van der Waals surface area contributed by atoms with Crippen LogP contribution in [0.4, 0.5) is 34.1 Å². The maximum absolute atomic E-state index is 6.53. The van der Waals surface area contributed by atoms with E-state index in [0.29, 0.717) is 0 Å². The van der Waals surface area contributed by atoms with E-state index in [2.05, 4.69) is 149 Å². The zero-order chi connectivity index (χ0) is 26.2. The molecule has 0 bridgehead atoms. The third-order valence-corrected chi connectivity index (χ3v) is 8.77. The summed E-state index contributed by atoms with van der Waals surface area (Å²) in [6.07, 6.45) is 8.77. The van der Waals surface area contributed by atoms with Gasteiger partial charge in [-0.05, 0) is 64.9 Å². The Hall–Kier alpha value is -4.96. The first-order valence-corrected chi connectivity index (χ1v) is 14.0. The van der Waals surface area contributed by atoms with E-state index in [4.69, 9.17) is 4.74 Å². The minimum Gasteiger partial charge on any atom is -0.485 e. The third-order valence-electron chi connectivity index (χ3n) is 8.77. The van der Waals surface area contributed by atoms with Crippen molar-refractivity contribution in [2.24, 2.45) is 0 Å². The summed E-state index contributed by atoms with van der Waals surface area (Å²) >= 11 is 0. The second kappa shape index (κ2) is 8.27. The molecule has 1 aliphatic carbocycles. The van der Waals surface area contributed by atoms with Gasteiger partial charge in [0.1, 0.15) is 11.9 Å². The summed E-state index contributed by atoms with van der Waals surface area (Å²) in [6, 6.07) is 41.9. The average molecular weight is 512 g/mol. The number of nitrogens with zero attached hydrogens (tertiary/aromatic N) is 2. The molecule has 2 unspecified atom stereocenters. The molecule has 0 spiro atoms. The van der Waals surface area contributed by atoms with Crippen LogP contribution in [-0.2, 0) is 0 Å². The maximum atomic E-state index is 6.53. The molecule has 0 aromatic heterocycles. The monoisotopic (exact) mass is 512 g/mol. The van der Waals surface area contributed by atoms with Crippen molar-refractivity contribution in [3.8, 4) is 5.75 Å². The number of fused-ring (bicyclic) bond motifs is 7. The molecule has 9 rings (SSSR count). The minimum absolute atomic E-state index is 0.0548. The van der Waals surface area contributed by atoms with Gasteiger partial charge in [-0.2, -0.15) is 0 Å². The van der Waals surface area contributed by atoms with Gasteiger partial charge in [-0.15, -0.1) is 0 Å². The normalized spacial score (nSPS) is 18.9. The molecular weight excluding hydrogens is 487 g/mol. The molecule has 3 heterocycles. The highest BCUT2D eigenvalue weighted by Crippen LogP contribution is 2.48. The lowest BCUT2D eigenvalue weighted by Gasteiger charge is -2.44. The van der Waals surface area contributed by atoms with Gasteiger partial charge in [0.2, 0.25) is 0 Å². The molecule has 188 valence electrons. The van der Waals surface area contributed by atoms with Crippen LogP contribution in [0, 0.1) is 0 Å². The van der Waals surface area contributed by atoms with Crippen molar-refractivity contribution in [2.75, 3.05) is 9.80 Å². The average Bonchev–Trinajstić information content (AvgIpc) is 3.38. The first-order chi connectivity index (χ1) is 19.9. The summed E-state index contributed by atoms with van der Waals surface area (Å²) in [6.45, 7) is 0.116. The summed E-state index contributed by atoms with van der Waals surface area (Å²) in [5, 5.41) is 0. The Labute approximate surface area is 234 Å². The molecule has 40 heavy (non-hydrogen) atoms. The summed E-state index contributed by atoms with van der Waals surface area (Å²) in [7, 11) is 0. The lowest BCUT2D eigenvalue weighted by Crippen LogP contribution is -2.61. The fraction of sp³-hybridized carbons (Fsp3) is 0.0556. The number of hydrogen-bond donors (Lipinski definition) is 0. The zero-order valence-corrected chi connectivity index (χ0v) is 21.8. The van der Waals surface area contributed by atoms with Gasteiger partial charge in [0, 0.05) is 51.7 Å². The van der Waals surface area contributed by atoms with Gasteiger partial charge in [-0.1, -0.05) is 85.0 Å². The fourth-order valence-electron chi connectivity index (χ4n) is 7.13. The molecule has 0 fully saturated rings. The van der Waals surface area contributed by atoms with Crippen LogP contribution in [0.3, 0.4) is 0 Å². The Balaban J connectivity index is 1.36. The highest BCUT2D eigenvalue weighted by Gasteiger charge is 2.45. The number of allylic oxidation sites excluding steroid dienone is 2. The number of rotatable bonds is 2. The quantitative estimate of drug-likeness (QED) is 0.239. The lowest BCUT2D eigenvalue weighted by molar-refractivity contribution is 0.269. The molecule has 4 aliphatic rings. The maximum Gasteiger partial charge on any atom is 0.252 e. The van der Waals surface area contributed by atoms with E-state index in [9.17, 15) is 0 Å². The van der Waals surface area contributed by atoms with Gasteiger partial charge in [0.25, 0.3) is 6.71 Å². The number of hydrogen-bond acceptors (Lipinski definition) is 3. The third kappa shape index (κ3) is 2.96. The Morgan fingerprint density at radius 3 is 1.93 bits per heavy atom. The van der Waals surface area contributed by atoms with Crippen LogP contribution in [0.2, 0.25) is 0 Å². The van der Waals surface area contributed by atoms with Gasteiger partial charge < -0.3 is 14.5 Å². The second-order valence-electron chi connectivity index (χ2n) is 10.9. The van der Waals surface area contributed by atoms with Gasteiger partial charge >= 0.3 is 0 Å². The van der Waals surface area contributed by atoms with Crippen LogP contribution in [0.15, 0.2) is 140 Å². The van der Waals surface area contributed by atoms with Crippen LogP contribution in [-0.4, -0.2) is 12.8 Å². The van der Waals surface area contributed by atoms with Crippen molar-refractivity contribution in [3.05, 3.63) is 145 Å². The minimum atomic E-state index is 0.0548. The SMILES string of the molecule is C1=CC2Oc3cc4c(cc3C2C=C1)B1c2ccccc2N(c2ccccc2)c2cccc(c21)N4c1ccccc1. The predicted octanol–water partition coefficient (Wildman–Crippen LogP) is 6.74. The fourth-order valence-corrected chi connectivity index (χ4v) is 7.13. The highest BCUT2D eigenvalue weighted by atomic mass is 16.5. The largest absolute Gasteiger partial charge is 0.485 e. The topological polar surface area (TPSA) is 15.7 Å². The van der Waals surface area contributed by atoms with Crippen LogP contribution in [0.25, 0.3) is 0 Å². The van der Waals surface area contributed by atoms with E-state index in [0.717, 1.165) is 11.4 Å². The highest BCUT2D eigenvalue weighted by molar-refractivity contribution is 7.00. The molecule has 2 atom stereocenters. The molecule has 3 nitrogen and oxygen atoms in total. The molecule has 5 aromatic carbocycles. The van der Waals surface area contributed by atoms with Crippen LogP contribution in [0.5, 0.6) is 5.75 Å². The Morgan fingerprint density at radius 2 is 1.18 bits per heavy atom. The molecule has 0 saturated carbocycles. The van der Waals surface area contributed by atoms with Crippen molar-refractivity contribution in [2.45, 2.75) is 12.0 Å². The van der Waals surface area contributed by atoms with Crippen LogP contribution >= 0.6 is 0 Å². The second-order valence-corrected chi connectivity index (χ2v) is 10.9. The van der Waals surface area contributed by atoms with Crippen LogP contribution in [0.1, 0.15) is 11.5 Å². The number of benzene rings is 5. The summed E-state index contributed by atoms with van der Waals surface area (Å²) in [5.74, 6) is 1.23. The van der Waals surface area contributed by atoms with Crippen molar-refractivity contribution in [1.82, 2.24) is 0 Å². The van der Waals surface area contributed by atoms with Crippen molar-refractivity contribution in [3.63, 3.8) is 0 Å². The van der Waals surface area contributed by atoms with Crippen molar-refractivity contribution < 1.29 is 4.74 Å². The summed E-state index contributed by atoms with van der Waals surface area (Å²) < 4.78 is 6.53. The van der Waals surface area contributed by atoms with Gasteiger partial charge in [-0.3, -0.25) is 0 Å². The lowest BCUT2D eigenvalue weighted by atomic mass is 9.33. The molecule has 3 aliphatic heterocycles. The number of para-hydroxylation sites is 3. The molecule has 4 heteroatoms. The van der Waals surface area contributed by atoms with E-state index < -0.39 is 0 Å². The molecule has 0 radical (unpaired) electrons. The summed E-state index contributed by atoms with van der Waals surface area (Å²) in [4.78, 5) is 4.86. The summed E-state index contributed by atoms with van der Waals surface area (Å²) in [5.41, 5.74) is 12.5. The Kier molecular flexibility index (Phi) is 4.53. The number of ether oxygens (including phenoxy) is 1. The van der Waals surface area contributed by atoms with Gasteiger partial charge in [0.05, 0.1) is 0 Å². The molecule has 5 aromatic rings. The van der Waals surface area contributed by atoms with E-state index in [1.165, 1.54) is 50.4 Å². The van der Waals surface area contributed by atoms with E-state index in [1.54, 1.807) is 0 Å². The van der Waals surface area contributed by atoms with Gasteiger partial charge in [0.15, 0.2) is 0 Å². The number of anilines is 6. The van der Waals surface area contributed by atoms with E-state index in [-0.39, 0.29) is 18.7 Å². The Bertz CT molecular complexity index is 1860. The Morgan fingerprint density at radius 1 is 0.550 bits per heavy atom. The molecule has 0 amide bonds. The van der Waals surface area contributed by atoms with Crippen molar-refractivity contribution in [1.29, 1.82) is 0 Å². The van der Waals surface area contributed by atoms with E-state index in [1.807, 2.05) is 0 Å². The van der Waals surface area contributed by atoms with E-state index >= 15 is 0 Å². The smallest absolute Gasteiger partial charge is 0.252 e. The standard InChI is InChI=1S/C36H25BN2O/c1-3-12-24(13-4-1)38-30-18-9-8-17-28(30)37-29-22-27-26-16-7-10-21-34(26)40-35(27)23-33(29)39(25-14-5-2-6-15-25)32-20-11-19-31(38)36(32)37/h1-23,26,34H. The molecular formula is C36H25BN2O. The molecule has 0 saturated heterocycles. The van der Waals surface area contributed by atoms with Gasteiger partial charge in [-0.25, -0.2) is 0 Å². The van der Waals surface area contributed by atoms with Crippen molar-refractivity contribution >= 4 is 57.2 Å². The van der Waals surface area contributed by atoms with Crippen LogP contribution < -0.4 is 30.9 Å². The zero-order valence-electron chi connectivity index (χ0n) is 21.8.